The lowest BCUT2D eigenvalue weighted by atomic mass is 10.2. The van der Waals surface area contributed by atoms with Crippen LogP contribution in [0.5, 0.6) is 0 Å². The van der Waals surface area contributed by atoms with E-state index in [0.29, 0.717) is 0 Å². The van der Waals surface area contributed by atoms with Gasteiger partial charge in [-0.1, -0.05) is 23.5 Å². The molecule has 0 aliphatic rings. The molecule has 4 heteroatoms. The maximum atomic E-state index is 4.34. The molecule has 1 N–H and O–H groups in total. The minimum absolute atomic E-state index is 0.909. The molecule has 0 atom stereocenters. The highest BCUT2D eigenvalue weighted by molar-refractivity contribution is 7.18. The van der Waals surface area contributed by atoms with E-state index in [0.717, 1.165) is 11.7 Å². The summed E-state index contributed by atoms with van der Waals surface area (Å²) in [5.41, 5.74) is 2.43. The SMILES string of the molecule is CCNc1ncc(-c2ccc(N(C)C)cc2)s1. The van der Waals surface area contributed by atoms with Gasteiger partial charge >= 0.3 is 0 Å². The molecule has 1 heterocycles. The van der Waals surface area contributed by atoms with Crippen LogP contribution in [0.2, 0.25) is 0 Å². The lowest BCUT2D eigenvalue weighted by Crippen LogP contribution is -2.07. The molecule has 0 saturated heterocycles. The van der Waals surface area contributed by atoms with Crippen molar-refractivity contribution in [1.29, 1.82) is 0 Å². The van der Waals surface area contributed by atoms with E-state index in [1.807, 2.05) is 20.3 Å². The molecule has 0 aliphatic heterocycles. The summed E-state index contributed by atoms with van der Waals surface area (Å²) in [6.07, 6.45) is 1.92. The molecule has 1 aromatic carbocycles. The zero-order chi connectivity index (χ0) is 12.3. The van der Waals surface area contributed by atoms with Crippen LogP contribution in [-0.4, -0.2) is 25.6 Å². The number of nitrogens with one attached hydrogen (secondary N) is 1. The predicted octanol–water partition coefficient (Wildman–Crippen LogP) is 3.31. The molecule has 0 aliphatic carbocycles. The summed E-state index contributed by atoms with van der Waals surface area (Å²) in [5.74, 6) is 0. The number of rotatable bonds is 4. The Balaban J connectivity index is 2.21. The van der Waals surface area contributed by atoms with E-state index in [1.165, 1.54) is 16.1 Å². The van der Waals surface area contributed by atoms with Gasteiger partial charge in [0.15, 0.2) is 5.13 Å². The second kappa shape index (κ2) is 5.19. The predicted molar refractivity (Wildman–Crippen MR) is 76.0 cm³/mol. The fourth-order valence-corrected chi connectivity index (χ4v) is 2.45. The molecule has 1 aromatic heterocycles. The fraction of sp³-hybridized carbons (Fsp3) is 0.308. The Morgan fingerprint density at radius 1 is 1.24 bits per heavy atom. The van der Waals surface area contributed by atoms with Gasteiger partial charge in [-0.25, -0.2) is 4.98 Å². The van der Waals surface area contributed by atoms with Gasteiger partial charge in [-0.15, -0.1) is 0 Å². The standard InChI is InChI=1S/C13H17N3S/c1-4-14-13-15-9-12(17-13)10-5-7-11(8-6-10)16(2)3/h5-9H,4H2,1-3H3,(H,14,15). The lowest BCUT2D eigenvalue weighted by molar-refractivity contribution is 1.13. The van der Waals surface area contributed by atoms with Crippen molar-refractivity contribution in [2.75, 3.05) is 30.9 Å². The lowest BCUT2D eigenvalue weighted by Gasteiger charge is -2.12. The van der Waals surface area contributed by atoms with Crippen molar-refractivity contribution < 1.29 is 0 Å². The Morgan fingerprint density at radius 3 is 2.53 bits per heavy atom. The van der Waals surface area contributed by atoms with Gasteiger partial charge in [0.2, 0.25) is 0 Å². The van der Waals surface area contributed by atoms with E-state index >= 15 is 0 Å². The highest BCUT2D eigenvalue weighted by Crippen LogP contribution is 2.29. The third kappa shape index (κ3) is 2.77. The molecule has 90 valence electrons. The number of aromatic nitrogens is 1. The molecular formula is C13H17N3S. The van der Waals surface area contributed by atoms with Crippen molar-refractivity contribution in [3.8, 4) is 10.4 Å². The minimum atomic E-state index is 0.909. The highest BCUT2D eigenvalue weighted by Gasteiger charge is 2.04. The normalized spacial score (nSPS) is 10.3. The number of hydrogen-bond donors (Lipinski definition) is 1. The van der Waals surface area contributed by atoms with Crippen LogP contribution < -0.4 is 10.2 Å². The van der Waals surface area contributed by atoms with Crippen molar-refractivity contribution in [2.45, 2.75) is 6.92 Å². The molecule has 0 bridgehead atoms. The van der Waals surface area contributed by atoms with Crippen LogP contribution in [0.1, 0.15) is 6.92 Å². The molecule has 17 heavy (non-hydrogen) atoms. The molecule has 3 nitrogen and oxygen atoms in total. The minimum Gasteiger partial charge on any atom is -0.378 e. The van der Waals surface area contributed by atoms with Crippen molar-refractivity contribution in [1.82, 2.24) is 4.98 Å². The van der Waals surface area contributed by atoms with Crippen LogP contribution in [0.25, 0.3) is 10.4 Å². The number of benzene rings is 1. The first-order chi connectivity index (χ1) is 8.20. The molecule has 2 aromatic rings. The largest absolute Gasteiger partial charge is 0.378 e. The van der Waals surface area contributed by atoms with E-state index in [1.54, 1.807) is 11.3 Å². The van der Waals surface area contributed by atoms with Gasteiger partial charge in [0.1, 0.15) is 0 Å². The van der Waals surface area contributed by atoms with Gasteiger partial charge in [0.05, 0.1) is 4.88 Å². The molecule has 2 rings (SSSR count). The third-order valence-corrected chi connectivity index (χ3v) is 3.51. The maximum absolute atomic E-state index is 4.34. The monoisotopic (exact) mass is 247 g/mol. The topological polar surface area (TPSA) is 28.2 Å². The maximum Gasteiger partial charge on any atom is 0.183 e. The zero-order valence-electron chi connectivity index (χ0n) is 10.4. The van der Waals surface area contributed by atoms with E-state index in [-0.39, 0.29) is 0 Å². The first-order valence-corrected chi connectivity index (χ1v) is 6.50. The van der Waals surface area contributed by atoms with Crippen LogP contribution in [0.4, 0.5) is 10.8 Å². The molecule has 0 spiro atoms. The van der Waals surface area contributed by atoms with E-state index < -0.39 is 0 Å². The summed E-state index contributed by atoms with van der Waals surface area (Å²) in [6, 6.07) is 8.53. The van der Waals surface area contributed by atoms with Crippen LogP contribution in [0.3, 0.4) is 0 Å². The van der Waals surface area contributed by atoms with E-state index in [4.69, 9.17) is 0 Å². The van der Waals surface area contributed by atoms with Crippen LogP contribution in [0.15, 0.2) is 30.5 Å². The molecule has 0 unspecified atom stereocenters. The summed E-state index contributed by atoms with van der Waals surface area (Å²) < 4.78 is 0. The first kappa shape index (κ1) is 11.9. The van der Waals surface area contributed by atoms with Crippen molar-refractivity contribution >= 4 is 22.2 Å². The quantitative estimate of drug-likeness (QED) is 0.898. The molecule has 0 radical (unpaired) electrons. The van der Waals surface area contributed by atoms with Gasteiger partial charge in [0.25, 0.3) is 0 Å². The van der Waals surface area contributed by atoms with E-state index in [2.05, 4.69) is 46.4 Å². The second-order valence-corrected chi connectivity index (χ2v) is 5.03. The van der Waals surface area contributed by atoms with Gasteiger partial charge in [-0.3, -0.25) is 0 Å². The van der Waals surface area contributed by atoms with Crippen molar-refractivity contribution in [3.05, 3.63) is 30.5 Å². The summed E-state index contributed by atoms with van der Waals surface area (Å²) in [7, 11) is 4.09. The molecule has 0 amide bonds. The number of hydrogen-bond acceptors (Lipinski definition) is 4. The average Bonchev–Trinajstić information content (AvgIpc) is 2.78. The van der Waals surface area contributed by atoms with E-state index in [9.17, 15) is 0 Å². The van der Waals surface area contributed by atoms with Crippen LogP contribution in [0, 0.1) is 0 Å². The summed E-state index contributed by atoms with van der Waals surface area (Å²) in [4.78, 5) is 7.63. The third-order valence-electron chi connectivity index (χ3n) is 2.50. The fourth-order valence-electron chi connectivity index (χ4n) is 1.56. The molecule has 0 saturated carbocycles. The Labute approximate surface area is 106 Å². The summed E-state index contributed by atoms with van der Waals surface area (Å²) >= 11 is 1.69. The van der Waals surface area contributed by atoms with Gasteiger partial charge in [0, 0.05) is 32.5 Å². The number of thiazole rings is 1. The van der Waals surface area contributed by atoms with Crippen LogP contribution >= 0.6 is 11.3 Å². The molecule has 0 fully saturated rings. The van der Waals surface area contributed by atoms with Gasteiger partial charge in [-0.2, -0.15) is 0 Å². The Bertz CT molecular complexity index is 474. The Kier molecular flexibility index (Phi) is 3.64. The van der Waals surface area contributed by atoms with Crippen LogP contribution in [-0.2, 0) is 0 Å². The van der Waals surface area contributed by atoms with Gasteiger partial charge in [-0.05, 0) is 24.6 Å². The summed E-state index contributed by atoms with van der Waals surface area (Å²) in [6.45, 7) is 2.99. The average molecular weight is 247 g/mol. The summed E-state index contributed by atoms with van der Waals surface area (Å²) in [5, 5.41) is 4.21. The van der Waals surface area contributed by atoms with Gasteiger partial charge < -0.3 is 10.2 Å². The molecular weight excluding hydrogens is 230 g/mol. The second-order valence-electron chi connectivity index (χ2n) is 4.00. The highest BCUT2D eigenvalue weighted by atomic mass is 32.1. The van der Waals surface area contributed by atoms with Crippen molar-refractivity contribution in [2.24, 2.45) is 0 Å². The van der Waals surface area contributed by atoms with Crippen molar-refractivity contribution in [3.63, 3.8) is 0 Å². The Hall–Kier alpha value is -1.55. The smallest absolute Gasteiger partial charge is 0.183 e. The number of nitrogens with zero attached hydrogens (tertiary/aromatic N) is 2. The Morgan fingerprint density at radius 2 is 1.94 bits per heavy atom. The number of anilines is 2. The zero-order valence-corrected chi connectivity index (χ0v) is 11.2. The first-order valence-electron chi connectivity index (χ1n) is 5.68.